The predicted octanol–water partition coefficient (Wildman–Crippen LogP) is 6.53. The number of ether oxygens (including phenoxy) is 2. The summed E-state index contributed by atoms with van der Waals surface area (Å²) in [5.41, 5.74) is 9.49. The number of benzene rings is 2. The third-order valence-corrected chi connectivity index (χ3v) is 6.57. The second kappa shape index (κ2) is 10.5. The van der Waals surface area contributed by atoms with Crippen LogP contribution >= 0.6 is 23.2 Å². The van der Waals surface area contributed by atoms with Crippen molar-refractivity contribution in [2.45, 2.75) is 45.6 Å². The van der Waals surface area contributed by atoms with Crippen LogP contribution < -0.4 is 10.5 Å². The minimum Gasteiger partial charge on any atom is -0.482 e. The largest absolute Gasteiger partial charge is 0.482 e. The van der Waals surface area contributed by atoms with E-state index in [0.29, 0.717) is 16.3 Å². The van der Waals surface area contributed by atoms with Crippen molar-refractivity contribution in [3.8, 4) is 16.9 Å². The van der Waals surface area contributed by atoms with Gasteiger partial charge in [-0.2, -0.15) is 0 Å². The fourth-order valence-electron chi connectivity index (χ4n) is 4.35. The number of hydrogen-bond donors (Lipinski definition) is 1. The summed E-state index contributed by atoms with van der Waals surface area (Å²) in [5.74, 6) is 0.0469. The molecule has 4 rings (SSSR count). The van der Waals surface area contributed by atoms with E-state index in [1.807, 2.05) is 6.07 Å². The zero-order chi connectivity index (χ0) is 24.4. The quantitative estimate of drug-likeness (QED) is 0.387. The number of rotatable bonds is 6. The van der Waals surface area contributed by atoms with E-state index >= 15 is 0 Å². The van der Waals surface area contributed by atoms with Gasteiger partial charge in [-0.05, 0) is 50.1 Å². The van der Waals surface area contributed by atoms with Crippen LogP contribution in [0.4, 0.5) is 10.2 Å². The van der Waals surface area contributed by atoms with Crippen molar-refractivity contribution in [2.24, 2.45) is 0 Å². The van der Waals surface area contributed by atoms with E-state index in [1.54, 1.807) is 13.1 Å². The Hall–Kier alpha value is -2.38. The molecule has 5 nitrogen and oxygen atoms in total. The Bertz CT molecular complexity index is 1150. The molecule has 1 fully saturated rings. The van der Waals surface area contributed by atoms with Gasteiger partial charge >= 0.3 is 0 Å². The summed E-state index contributed by atoms with van der Waals surface area (Å²) in [4.78, 5) is 6.70. The molecule has 8 heteroatoms. The lowest BCUT2D eigenvalue weighted by molar-refractivity contribution is -0.0704. The van der Waals surface area contributed by atoms with E-state index in [-0.39, 0.29) is 23.0 Å². The first-order valence-corrected chi connectivity index (χ1v) is 12.0. The first kappa shape index (κ1) is 24.7. The Labute approximate surface area is 209 Å². The second-order valence-corrected chi connectivity index (χ2v) is 9.56. The maximum atomic E-state index is 13.9. The predicted molar refractivity (Wildman–Crippen MR) is 135 cm³/mol. The van der Waals surface area contributed by atoms with Crippen LogP contribution in [0.2, 0.25) is 10.0 Å². The van der Waals surface area contributed by atoms with Gasteiger partial charge in [-0.1, -0.05) is 47.5 Å². The molecular weight excluding hydrogens is 476 g/mol. The first-order valence-electron chi connectivity index (χ1n) is 11.2. The van der Waals surface area contributed by atoms with Crippen molar-refractivity contribution in [1.82, 2.24) is 9.88 Å². The van der Waals surface area contributed by atoms with Crippen molar-refractivity contribution >= 4 is 29.0 Å². The number of nitrogens with zero attached hydrogens (tertiary/aromatic N) is 2. The van der Waals surface area contributed by atoms with Crippen molar-refractivity contribution in [2.75, 3.05) is 18.8 Å². The smallest absolute Gasteiger partial charge is 0.166 e. The molecule has 0 aliphatic carbocycles. The lowest BCUT2D eigenvalue weighted by atomic mass is 10.0. The summed E-state index contributed by atoms with van der Waals surface area (Å²) in [5, 5.41) is 0.253. The number of aromatic nitrogens is 1. The highest BCUT2D eigenvalue weighted by molar-refractivity contribution is 6.36. The molecule has 0 radical (unpaired) electrons. The van der Waals surface area contributed by atoms with Crippen LogP contribution in [0.1, 0.15) is 38.0 Å². The molecule has 3 unspecified atom stereocenters. The van der Waals surface area contributed by atoms with Crippen LogP contribution in [0.25, 0.3) is 11.1 Å². The fourth-order valence-corrected chi connectivity index (χ4v) is 5.02. The topological polar surface area (TPSA) is 60.6 Å². The molecule has 2 heterocycles. The average Bonchev–Trinajstić information content (AvgIpc) is 2.78. The lowest BCUT2D eigenvalue weighted by Crippen LogP contribution is -2.44. The molecule has 3 atom stereocenters. The van der Waals surface area contributed by atoms with Crippen molar-refractivity contribution < 1.29 is 13.9 Å². The molecule has 1 aliphatic rings. The Balaban J connectivity index is 1.50. The standard InChI is InChI=1S/C26H28Cl2FN3O2/c1-15-12-32(13-16(2)33-15)14-18-4-6-19(7-5-18)20-10-23(26(30)31-11-20)34-17(3)24-21(27)8-9-22(29)25(24)28/h4-11,15-17H,12-14H2,1-3H3,(H2,30,31). The normalized spacial score (nSPS) is 19.7. The van der Waals surface area contributed by atoms with E-state index < -0.39 is 11.9 Å². The number of hydrogen-bond acceptors (Lipinski definition) is 5. The van der Waals surface area contributed by atoms with Gasteiger partial charge in [-0.25, -0.2) is 9.37 Å². The Kier molecular flexibility index (Phi) is 7.63. The SMILES string of the molecule is CC1CN(Cc2ccc(-c3cnc(N)c(OC(C)c4c(Cl)ccc(F)c4Cl)c3)cc2)CC(C)O1. The second-order valence-electron chi connectivity index (χ2n) is 8.77. The maximum Gasteiger partial charge on any atom is 0.166 e. The molecule has 0 bridgehead atoms. The molecule has 2 aromatic carbocycles. The third kappa shape index (κ3) is 5.63. The van der Waals surface area contributed by atoms with Crippen molar-refractivity contribution in [1.29, 1.82) is 0 Å². The summed E-state index contributed by atoms with van der Waals surface area (Å²) in [6, 6.07) is 12.8. The lowest BCUT2D eigenvalue weighted by Gasteiger charge is -2.35. The number of nitrogen functional groups attached to an aromatic ring is 1. The van der Waals surface area contributed by atoms with Gasteiger partial charge in [-0.15, -0.1) is 0 Å². The third-order valence-electron chi connectivity index (χ3n) is 5.86. The minimum atomic E-state index is -0.629. The summed E-state index contributed by atoms with van der Waals surface area (Å²) in [7, 11) is 0. The van der Waals surface area contributed by atoms with E-state index in [1.165, 1.54) is 17.7 Å². The monoisotopic (exact) mass is 503 g/mol. The highest BCUT2D eigenvalue weighted by Crippen LogP contribution is 2.37. The van der Waals surface area contributed by atoms with Crippen LogP contribution in [0.15, 0.2) is 48.7 Å². The van der Waals surface area contributed by atoms with Gasteiger partial charge in [0.2, 0.25) is 0 Å². The number of pyridine rings is 1. The Morgan fingerprint density at radius 3 is 2.47 bits per heavy atom. The fraction of sp³-hybridized carbons (Fsp3) is 0.346. The average molecular weight is 504 g/mol. The number of nitrogens with two attached hydrogens (primary N) is 1. The molecule has 1 aromatic heterocycles. The molecule has 3 aromatic rings. The summed E-state index contributed by atoms with van der Waals surface area (Å²) in [6.07, 6.45) is 1.55. The molecule has 0 saturated carbocycles. The molecule has 180 valence electrons. The molecule has 0 amide bonds. The van der Waals surface area contributed by atoms with E-state index in [2.05, 4.69) is 48.0 Å². The Morgan fingerprint density at radius 1 is 1.12 bits per heavy atom. The zero-order valence-corrected chi connectivity index (χ0v) is 20.9. The summed E-state index contributed by atoms with van der Waals surface area (Å²) >= 11 is 12.4. The first-order chi connectivity index (χ1) is 16.2. The van der Waals surface area contributed by atoms with Crippen molar-refractivity contribution in [3.05, 3.63) is 75.7 Å². The van der Waals surface area contributed by atoms with Crippen LogP contribution in [-0.4, -0.2) is 35.2 Å². The van der Waals surface area contributed by atoms with Gasteiger partial charge in [0.25, 0.3) is 0 Å². The highest BCUT2D eigenvalue weighted by Gasteiger charge is 2.22. The molecule has 0 spiro atoms. The highest BCUT2D eigenvalue weighted by atomic mass is 35.5. The zero-order valence-electron chi connectivity index (χ0n) is 19.4. The minimum absolute atomic E-state index is 0.0673. The van der Waals surface area contributed by atoms with Gasteiger partial charge in [0.05, 0.1) is 17.2 Å². The molecular formula is C26H28Cl2FN3O2. The number of morpholine rings is 1. The molecule has 1 saturated heterocycles. The van der Waals surface area contributed by atoms with Crippen LogP contribution in [-0.2, 0) is 11.3 Å². The Morgan fingerprint density at radius 2 is 1.79 bits per heavy atom. The van der Waals surface area contributed by atoms with Crippen LogP contribution in [0.5, 0.6) is 5.75 Å². The molecule has 1 aliphatic heterocycles. The summed E-state index contributed by atoms with van der Waals surface area (Å²) < 4.78 is 25.8. The van der Waals surface area contributed by atoms with Crippen LogP contribution in [0.3, 0.4) is 0 Å². The van der Waals surface area contributed by atoms with Crippen molar-refractivity contribution in [3.63, 3.8) is 0 Å². The van der Waals surface area contributed by atoms with Gasteiger partial charge < -0.3 is 15.2 Å². The van der Waals surface area contributed by atoms with Crippen LogP contribution in [0, 0.1) is 5.82 Å². The maximum absolute atomic E-state index is 13.9. The van der Waals surface area contributed by atoms with Gasteiger partial charge in [0.1, 0.15) is 11.9 Å². The van der Waals surface area contributed by atoms with E-state index in [4.69, 9.17) is 38.4 Å². The molecule has 34 heavy (non-hydrogen) atoms. The molecule has 2 N–H and O–H groups in total. The van der Waals surface area contributed by atoms with E-state index in [0.717, 1.165) is 30.8 Å². The number of anilines is 1. The van der Waals surface area contributed by atoms with E-state index in [9.17, 15) is 4.39 Å². The van der Waals surface area contributed by atoms with Gasteiger partial charge in [0, 0.05) is 42.0 Å². The van der Waals surface area contributed by atoms with Gasteiger partial charge in [0.15, 0.2) is 11.6 Å². The summed E-state index contributed by atoms with van der Waals surface area (Å²) in [6.45, 7) is 8.67. The number of halogens is 3. The van der Waals surface area contributed by atoms with Gasteiger partial charge in [-0.3, -0.25) is 4.90 Å².